The van der Waals surface area contributed by atoms with E-state index >= 15 is 0 Å². The lowest BCUT2D eigenvalue weighted by Gasteiger charge is -2.10. The predicted octanol–water partition coefficient (Wildman–Crippen LogP) is 4.46. The van der Waals surface area contributed by atoms with Crippen molar-refractivity contribution >= 4 is 33.8 Å². The Labute approximate surface area is 144 Å². The Bertz CT molecular complexity index is 846. The van der Waals surface area contributed by atoms with Gasteiger partial charge in [-0.2, -0.15) is 0 Å². The summed E-state index contributed by atoms with van der Waals surface area (Å²) in [7, 11) is 1.57. The lowest BCUT2D eigenvalue weighted by atomic mass is 10.2. The summed E-state index contributed by atoms with van der Waals surface area (Å²) in [5.41, 5.74) is 2.96. The molecule has 0 saturated heterocycles. The van der Waals surface area contributed by atoms with Gasteiger partial charge in [0.05, 0.1) is 12.8 Å². The number of amides is 1. The molecule has 3 aromatic rings. The number of hydrogen-bond acceptors (Lipinski definition) is 5. The van der Waals surface area contributed by atoms with Crippen molar-refractivity contribution < 1.29 is 9.53 Å². The van der Waals surface area contributed by atoms with Gasteiger partial charge in [0.15, 0.2) is 5.13 Å². The van der Waals surface area contributed by atoms with Crippen LogP contribution in [0.15, 0.2) is 53.9 Å². The van der Waals surface area contributed by atoms with Gasteiger partial charge in [0.1, 0.15) is 11.4 Å². The van der Waals surface area contributed by atoms with Crippen LogP contribution < -0.4 is 15.4 Å². The van der Waals surface area contributed by atoms with Crippen LogP contribution in [0.5, 0.6) is 5.75 Å². The molecule has 0 aliphatic heterocycles. The SMILES string of the molecule is COc1ccc(C)cc1NC(=O)c1csc(Nc2ccccc2)n1. The molecule has 2 N–H and O–H groups in total. The largest absolute Gasteiger partial charge is 0.495 e. The van der Waals surface area contributed by atoms with E-state index in [4.69, 9.17) is 4.74 Å². The van der Waals surface area contributed by atoms with Crippen LogP contribution in [0, 0.1) is 6.92 Å². The fourth-order valence-electron chi connectivity index (χ4n) is 2.19. The Balaban J connectivity index is 1.73. The first-order valence-corrected chi connectivity index (χ1v) is 8.27. The minimum absolute atomic E-state index is 0.267. The standard InChI is InChI=1S/C18H17N3O2S/c1-12-8-9-16(23-2)14(10-12)20-17(22)15-11-24-18(21-15)19-13-6-4-3-5-7-13/h3-11H,1-2H3,(H,19,21)(H,20,22). The van der Waals surface area contributed by atoms with Gasteiger partial charge in [-0.15, -0.1) is 11.3 Å². The maximum absolute atomic E-state index is 12.4. The summed E-state index contributed by atoms with van der Waals surface area (Å²) in [4.78, 5) is 16.7. The molecule has 1 amide bonds. The summed E-state index contributed by atoms with van der Waals surface area (Å²) in [6.45, 7) is 1.96. The zero-order valence-electron chi connectivity index (χ0n) is 13.4. The van der Waals surface area contributed by atoms with E-state index in [2.05, 4.69) is 15.6 Å². The molecule has 0 saturated carbocycles. The number of carbonyl (C=O) groups is 1. The molecule has 1 heterocycles. The third kappa shape index (κ3) is 3.72. The van der Waals surface area contributed by atoms with Crippen molar-refractivity contribution in [3.05, 3.63) is 65.2 Å². The van der Waals surface area contributed by atoms with E-state index in [9.17, 15) is 4.79 Å². The fraction of sp³-hybridized carbons (Fsp3) is 0.111. The van der Waals surface area contributed by atoms with Crippen molar-refractivity contribution in [1.29, 1.82) is 0 Å². The topological polar surface area (TPSA) is 63.2 Å². The highest BCUT2D eigenvalue weighted by Gasteiger charge is 2.13. The fourth-order valence-corrected chi connectivity index (χ4v) is 2.90. The van der Waals surface area contributed by atoms with E-state index in [0.29, 0.717) is 22.3 Å². The smallest absolute Gasteiger partial charge is 0.275 e. The van der Waals surface area contributed by atoms with Crippen molar-refractivity contribution in [3.8, 4) is 5.75 Å². The average molecular weight is 339 g/mol. The Morgan fingerprint density at radius 2 is 1.96 bits per heavy atom. The minimum Gasteiger partial charge on any atom is -0.495 e. The Kier molecular flexibility index (Phi) is 4.77. The van der Waals surface area contributed by atoms with Gasteiger partial charge in [-0.1, -0.05) is 24.3 Å². The number of ether oxygens (including phenoxy) is 1. The molecule has 2 aromatic carbocycles. The summed E-state index contributed by atoms with van der Waals surface area (Å²) in [6, 6.07) is 15.3. The second-order valence-electron chi connectivity index (χ2n) is 5.19. The number of hydrogen-bond donors (Lipinski definition) is 2. The molecule has 0 fully saturated rings. The van der Waals surface area contributed by atoms with Gasteiger partial charge in [0, 0.05) is 11.1 Å². The van der Waals surface area contributed by atoms with Crippen LogP contribution in [-0.2, 0) is 0 Å². The number of carbonyl (C=O) groups excluding carboxylic acids is 1. The second-order valence-corrected chi connectivity index (χ2v) is 6.04. The summed E-state index contributed by atoms with van der Waals surface area (Å²) >= 11 is 1.38. The van der Waals surface area contributed by atoms with Crippen molar-refractivity contribution in [2.45, 2.75) is 6.92 Å². The van der Waals surface area contributed by atoms with E-state index in [1.54, 1.807) is 12.5 Å². The van der Waals surface area contributed by atoms with Crippen LogP contribution in [0.4, 0.5) is 16.5 Å². The van der Waals surface area contributed by atoms with E-state index in [0.717, 1.165) is 11.3 Å². The lowest BCUT2D eigenvalue weighted by Crippen LogP contribution is -2.13. The molecule has 0 aliphatic rings. The number of nitrogens with zero attached hydrogens (tertiary/aromatic N) is 1. The van der Waals surface area contributed by atoms with Crippen LogP contribution in [0.25, 0.3) is 0 Å². The minimum atomic E-state index is -0.267. The molecular weight excluding hydrogens is 322 g/mol. The molecule has 0 spiro atoms. The highest BCUT2D eigenvalue weighted by atomic mass is 32.1. The van der Waals surface area contributed by atoms with E-state index < -0.39 is 0 Å². The molecule has 0 bridgehead atoms. The number of aryl methyl sites for hydroxylation is 1. The molecule has 3 rings (SSSR count). The predicted molar refractivity (Wildman–Crippen MR) is 97.5 cm³/mol. The van der Waals surface area contributed by atoms with Crippen LogP contribution in [0.2, 0.25) is 0 Å². The summed E-state index contributed by atoms with van der Waals surface area (Å²) in [6.07, 6.45) is 0. The number of rotatable bonds is 5. The van der Waals surface area contributed by atoms with Crippen LogP contribution >= 0.6 is 11.3 Å². The molecule has 6 heteroatoms. The van der Waals surface area contributed by atoms with Crippen molar-refractivity contribution in [2.75, 3.05) is 17.7 Å². The first-order chi connectivity index (χ1) is 11.7. The van der Waals surface area contributed by atoms with Crippen molar-refractivity contribution in [3.63, 3.8) is 0 Å². The lowest BCUT2D eigenvalue weighted by molar-refractivity contribution is 0.102. The van der Waals surface area contributed by atoms with Crippen LogP contribution in [-0.4, -0.2) is 18.0 Å². The average Bonchev–Trinajstić information content (AvgIpc) is 3.05. The van der Waals surface area contributed by atoms with E-state index in [1.165, 1.54) is 11.3 Å². The molecule has 122 valence electrons. The molecule has 1 aromatic heterocycles. The van der Waals surface area contributed by atoms with Gasteiger partial charge < -0.3 is 15.4 Å². The zero-order chi connectivity index (χ0) is 16.9. The van der Waals surface area contributed by atoms with Crippen molar-refractivity contribution in [2.24, 2.45) is 0 Å². The zero-order valence-corrected chi connectivity index (χ0v) is 14.2. The quantitative estimate of drug-likeness (QED) is 0.720. The van der Waals surface area contributed by atoms with E-state index in [-0.39, 0.29) is 5.91 Å². The third-order valence-electron chi connectivity index (χ3n) is 3.37. The Morgan fingerprint density at radius 3 is 2.71 bits per heavy atom. The normalized spacial score (nSPS) is 10.2. The number of para-hydroxylation sites is 1. The van der Waals surface area contributed by atoms with Gasteiger partial charge in [0.25, 0.3) is 5.91 Å². The number of benzene rings is 2. The molecule has 5 nitrogen and oxygen atoms in total. The number of anilines is 3. The number of methoxy groups -OCH3 is 1. The Hall–Kier alpha value is -2.86. The summed E-state index contributed by atoms with van der Waals surface area (Å²) in [5, 5.41) is 8.42. The van der Waals surface area contributed by atoms with Crippen LogP contribution in [0.1, 0.15) is 16.1 Å². The van der Waals surface area contributed by atoms with E-state index in [1.807, 2.05) is 55.5 Å². The van der Waals surface area contributed by atoms with Crippen LogP contribution in [0.3, 0.4) is 0 Å². The molecular formula is C18H17N3O2S. The van der Waals surface area contributed by atoms with Gasteiger partial charge in [-0.25, -0.2) is 4.98 Å². The summed E-state index contributed by atoms with van der Waals surface area (Å²) < 4.78 is 5.28. The van der Waals surface area contributed by atoms with Crippen molar-refractivity contribution in [1.82, 2.24) is 4.98 Å². The monoisotopic (exact) mass is 339 g/mol. The number of nitrogens with one attached hydrogen (secondary N) is 2. The Morgan fingerprint density at radius 1 is 1.17 bits per heavy atom. The molecule has 0 aliphatic carbocycles. The second kappa shape index (κ2) is 7.14. The maximum Gasteiger partial charge on any atom is 0.275 e. The third-order valence-corrected chi connectivity index (χ3v) is 4.12. The first kappa shape index (κ1) is 16.0. The number of aromatic nitrogens is 1. The van der Waals surface area contributed by atoms with Gasteiger partial charge in [-0.3, -0.25) is 4.79 Å². The molecule has 24 heavy (non-hydrogen) atoms. The molecule has 0 radical (unpaired) electrons. The highest BCUT2D eigenvalue weighted by Crippen LogP contribution is 2.26. The van der Waals surface area contributed by atoms with Gasteiger partial charge >= 0.3 is 0 Å². The van der Waals surface area contributed by atoms with Gasteiger partial charge in [-0.05, 0) is 36.8 Å². The molecule has 0 atom stereocenters. The van der Waals surface area contributed by atoms with Gasteiger partial charge in [0.2, 0.25) is 0 Å². The highest BCUT2D eigenvalue weighted by molar-refractivity contribution is 7.14. The first-order valence-electron chi connectivity index (χ1n) is 7.39. The summed E-state index contributed by atoms with van der Waals surface area (Å²) in [5.74, 6) is 0.350. The maximum atomic E-state index is 12.4. The number of thiazole rings is 1. The molecule has 0 unspecified atom stereocenters.